The van der Waals surface area contributed by atoms with Crippen LogP contribution >= 0.6 is 11.6 Å². The van der Waals surface area contributed by atoms with Crippen LogP contribution in [0, 0.1) is 10.1 Å². The summed E-state index contributed by atoms with van der Waals surface area (Å²) in [5.41, 5.74) is 0.900. The van der Waals surface area contributed by atoms with Crippen LogP contribution in [-0.4, -0.2) is 17.0 Å². The van der Waals surface area contributed by atoms with Crippen molar-refractivity contribution in [3.05, 3.63) is 44.5 Å². The second-order valence-electron chi connectivity index (χ2n) is 4.06. The van der Waals surface area contributed by atoms with Crippen LogP contribution in [0.3, 0.4) is 0 Å². The van der Waals surface area contributed by atoms with Gasteiger partial charge in [-0.3, -0.25) is 10.1 Å². The topological polar surface area (TPSA) is 69.4 Å². The molecule has 0 radical (unpaired) electrons. The van der Waals surface area contributed by atoms with Gasteiger partial charge in [0.05, 0.1) is 4.92 Å². The van der Waals surface area contributed by atoms with E-state index in [-0.39, 0.29) is 22.8 Å². The molecule has 1 fully saturated rings. The van der Waals surface area contributed by atoms with Crippen LogP contribution in [0.4, 0.5) is 5.69 Å². The molecule has 1 aliphatic rings. The van der Waals surface area contributed by atoms with E-state index in [1.165, 1.54) is 12.1 Å². The Morgan fingerprint density at radius 3 is 2.83 bits per heavy atom. The van der Waals surface area contributed by atoms with E-state index in [2.05, 4.69) is 0 Å². The minimum Gasteiger partial charge on any atom is -0.459 e. The lowest BCUT2D eigenvalue weighted by Crippen LogP contribution is -1.99. The lowest BCUT2D eigenvalue weighted by molar-refractivity contribution is -0.384. The van der Waals surface area contributed by atoms with Crippen molar-refractivity contribution in [1.82, 2.24) is 0 Å². The predicted molar refractivity (Wildman–Crippen MR) is 66.3 cm³/mol. The van der Waals surface area contributed by atoms with Crippen LogP contribution in [-0.2, 0) is 9.53 Å². The van der Waals surface area contributed by atoms with E-state index in [0.29, 0.717) is 17.6 Å². The number of hydrogen-bond donors (Lipinski definition) is 0. The largest absolute Gasteiger partial charge is 0.459 e. The molecule has 1 aromatic rings. The fourth-order valence-corrected chi connectivity index (χ4v) is 1.96. The van der Waals surface area contributed by atoms with Gasteiger partial charge in [0.25, 0.3) is 5.69 Å². The Morgan fingerprint density at radius 1 is 1.56 bits per heavy atom. The highest BCUT2D eigenvalue weighted by molar-refractivity contribution is 6.32. The molecule has 0 aromatic heterocycles. The van der Waals surface area contributed by atoms with Gasteiger partial charge >= 0.3 is 5.97 Å². The Kier molecular flexibility index (Phi) is 3.34. The zero-order valence-electron chi connectivity index (χ0n) is 9.55. The van der Waals surface area contributed by atoms with Gasteiger partial charge in [0, 0.05) is 18.1 Å². The van der Waals surface area contributed by atoms with Crippen LogP contribution in [0.5, 0.6) is 0 Å². The number of carbonyl (C=O) groups excluding carboxylic acids is 1. The Hall–Kier alpha value is -1.88. The van der Waals surface area contributed by atoms with E-state index < -0.39 is 4.92 Å². The fourth-order valence-electron chi connectivity index (χ4n) is 1.77. The number of halogens is 1. The van der Waals surface area contributed by atoms with E-state index in [1.807, 2.05) is 0 Å². The summed E-state index contributed by atoms with van der Waals surface area (Å²) in [6, 6.07) is 4.40. The molecular weight excluding hydrogens is 258 g/mol. The average molecular weight is 268 g/mol. The highest BCUT2D eigenvalue weighted by atomic mass is 35.5. The number of rotatable bonds is 2. The van der Waals surface area contributed by atoms with Gasteiger partial charge in [-0.15, -0.1) is 0 Å². The van der Waals surface area contributed by atoms with Crippen molar-refractivity contribution in [3.63, 3.8) is 0 Å². The Bertz CT molecular complexity index is 553. The minimum atomic E-state index is -0.556. The SMILES string of the molecule is C[C@@H]1C/C(=C/c2ccc(Cl)c([N+](=O)[O-])c2)C(=O)O1. The van der Waals surface area contributed by atoms with Gasteiger partial charge in [0.15, 0.2) is 0 Å². The van der Waals surface area contributed by atoms with Gasteiger partial charge in [-0.2, -0.15) is 0 Å². The minimum absolute atomic E-state index is 0.0736. The third kappa shape index (κ3) is 2.51. The van der Waals surface area contributed by atoms with Crippen molar-refractivity contribution in [1.29, 1.82) is 0 Å². The summed E-state index contributed by atoms with van der Waals surface area (Å²) in [4.78, 5) is 21.6. The first-order chi connectivity index (χ1) is 8.47. The molecule has 5 nitrogen and oxygen atoms in total. The normalized spacial score (nSPS) is 21.1. The number of hydrogen-bond acceptors (Lipinski definition) is 4. The van der Waals surface area contributed by atoms with Crippen LogP contribution in [0.25, 0.3) is 6.08 Å². The number of carbonyl (C=O) groups is 1. The number of esters is 1. The van der Waals surface area contributed by atoms with Crippen LogP contribution in [0.15, 0.2) is 23.8 Å². The second-order valence-corrected chi connectivity index (χ2v) is 4.46. The highest BCUT2D eigenvalue weighted by Crippen LogP contribution is 2.28. The first-order valence-electron chi connectivity index (χ1n) is 5.33. The van der Waals surface area contributed by atoms with E-state index in [9.17, 15) is 14.9 Å². The molecule has 1 saturated heterocycles. The Balaban J connectivity index is 2.35. The smallest absolute Gasteiger partial charge is 0.334 e. The van der Waals surface area contributed by atoms with E-state index in [4.69, 9.17) is 16.3 Å². The second kappa shape index (κ2) is 4.78. The van der Waals surface area contributed by atoms with Crippen molar-refractivity contribution < 1.29 is 14.5 Å². The molecule has 2 rings (SSSR count). The van der Waals surface area contributed by atoms with Gasteiger partial charge in [0.2, 0.25) is 0 Å². The van der Waals surface area contributed by atoms with Gasteiger partial charge < -0.3 is 4.74 Å². The molecule has 1 aromatic carbocycles. The predicted octanol–water partition coefficient (Wildman–Crippen LogP) is 2.97. The highest BCUT2D eigenvalue weighted by Gasteiger charge is 2.25. The summed E-state index contributed by atoms with van der Waals surface area (Å²) in [7, 11) is 0. The molecule has 0 aliphatic carbocycles. The summed E-state index contributed by atoms with van der Waals surface area (Å²) in [5, 5.41) is 10.8. The van der Waals surface area contributed by atoms with Crippen LogP contribution in [0.2, 0.25) is 5.02 Å². The molecule has 18 heavy (non-hydrogen) atoms. The number of nitro groups is 1. The van der Waals surface area contributed by atoms with Crippen molar-refractivity contribution >= 4 is 29.3 Å². The number of nitro benzene ring substituents is 1. The van der Waals surface area contributed by atoms with E-state index in [0.717, 1.165) is 0 Å². The standard InChI is InChI=1S/C12H10ClNO4/c1-7-4-9(12(15)18-7)5-8-2-3-10(13)11(6-8)14(16)17/h2-3,5-7H,4H2,1H3/b9-5-/t7-/m1/s1. The van der Waals surface area contributed by atoms with Crippen LogP contribution < -0.4 is 0 Å². The Morgan fingerprint density at radius 2 is 2.28 bits per heavy atom. The maximum absolute atomic E-state index is 11.4. The summed E-state index contributed by atoms with van der Waals surface area (Å²) < 4.78 is 4.98. The van der Waals surface area contributed by atoms with E-state index in [1.54, 1.807) is 19.1 Å². The summed E-state index contributed by atoms with van der Waals surface area (Å²) >= 11 is 5.71. The molecule has 0 spiro atoms. The molecule has 0 bridgehead atoms. The van der Waals surface area contributed by atoms with Gasteiger partial charge in [-0.25, -0.2) is 4.79 Å². The lowest BCUT2D eigenvalue weighted by Gasteiger charge is -1.98. The molecule has 94 valence electrons. The monoisotopic (exact) mass is 267 g/mol. The quantitative estimate of drug-likeness (QED) is 0.357. The molecule has 0 N–H and O–H groups in total. The zero-order valence-corrected chi connectivity index (χ0v) is 10.3. The maximum Gasteiger partial charge on any atom is 0.334 e. The van der Waals surface area contributed by atoms with Crippen LogP contribution in [0.1, 0.15) is 18.9 Å². The number of benzene rings is 1. The fraction of sp³-hybridized carbons (Fsp3) is 0.250. The third-order valence-electron chi connectivity index (χ3n) is 2.59. The molecule has 0 saturated carbocycles. The molecular formula is C12H10ClNO4. The lowest BCUT2D eigenvalue weighted by atomic mass is 10.1. The van der Waals surface area contributed by atoms with Crippen molar-refractivity contribution in [2.45, 2.75) is 19.4 Å². The number of ether oxygens (including phenoxy) is 1. The zero-order chi connectivity index (χ0) is 13.3. The summed E-state index contributed by atoms with van der Waals surface area (Å²) in [6.07, 6.45) is 1.95. The number of nitrogens with zero attached hydrogens (tertiary/aromatic N) is 1. The van der Waals surface area contributed by atoms with Crippen molar-refractivity contribution in [2.24, 2.45) is 0 Å². The first-order valence-corrected chi connectivity index (χ1v) is 5.70. The first kappa shape index (κ1) is 12.6. The number of cyclic esters (lactones) is 1. The summed E-state index contributed by atoms with van der Waals surface area (Å²) in [6.45, 7) is 1.79. The van der Waals surface area contributed by atoms with Gasteiger partial charge in [-0.05, 0) is 24.6 Å². The molecule has 6 heteroatoms. The third-order valence-corrected chi connectivity index (χ3v) is 2.91. The maximum atomic E-state index is 11.4. The molecule has 1 heterocycles. The Labute approximate surface area is 108 Å². The average Bonchev–Trinajstić information content (AvgIpc) is 2.60. The van der Waals surface area contributed by atoms with Crippen molar-refractivity contribution in [3.8, 4) is 0 Å². The molecule has 0 amide bonds. The molecule has 1 aliphatic heterocycles. The summed E-state index contributed by atoms with van der Waals surface area (Å²) in [5.74, 6) is -0.375. The molecule has 0 unspecified atom stereocenters. The van der Waals surface area contributed by atoms with E-state index >= 15 is 0 Å². The van der Waals surface area contributed by atoms with Gasteiger partial charge in [-0.1, -0.05) is 17.7 Å². The van der Waals surface area contributed by atoms with Gasteiger partial charge in [0.1, 0.15) is 11.1 Å². The van der Waals surface area contributed by atoms with Crippen molar-refractivity contribution in [2.75, 3.05) is 0 Å². The molecule has 1 atom stereocenters.